The molecule has 1 aromatic rings. The normalized spacial score (nSPS) is 27.2. The summed E-state index contributed by atoms with van der Waals surface area (Å²) in [5.74, 6) is 1.61. The van der Waals surface area contributed by atoms with E-state index in [0.717, 1.165) is 37.7 Å². The van der Waals surface area contributed by atoms with E-state index in [0.29, 0.717) is 13.2 Å². The molecule has 1 fully saturated rings. The van der Waals surface area contributed by atoms with Gasteiger partial charge in [0.05, 0.1) is 0 Å². The van der Waals surface area contributed by atoms with Crippen LogP contribution < -0.4 is 14.8 Å². The lowest BCUT2D eigenvalue weighted by Gasteiger charge is -2.46. The SMILES string of the molecule is COCC1(N2CCNCC2)COc2ccccc2O1. The molecule has 1 unspecified atom stereocenters. The second-order valence-electron chi connectivity index (χ2n) is 4.95. The highest BCUT2D eigenvalue weighted by molar-refractivity contribution is 5.41. The lowest BCUT2D eigenvalue weighted by molar-refractivity contribution is -0.162. The first-order valence-electron chi connectivity index (χ1n) is 6.70. The molecule has 5 nitrogen and oxygen atoms in total. The third kappa shape index (κ3) is 2.41. The van der Waals surface area contributed by atoms with Crippen LogP contribution in [0.15, 0.2) is 24.3 Å². The molecule has 0 saturated carbocycles. The molecule has 2 aliphatic rings. The van der Waals surface area contributed by atoms with Crippen LogP contribution in [0.3, 0.4) is 0 Å². The van der Waals surface area contributed by atoms with Gasteiger partial charge in [-0.15, -0.1) is 0 Å². The molecule has 0 aliphatic carbocycles. The molecule has 1 N–H and O–H groups in total. The number of benzene rings is 1. The first-order valence-corrected chi connectivity index (χ1v) is 6.70. The maximum absolute atomic E-state index is 6.25. The van der Waals surface area contributed by atoms with E-state index in [4.69, 9.17) is 14.2 Å². The van der Waals surface area contributed by atoms with E-state index in [1.54, 1.807) is 7.11 Å². The minimum absolute atomic E-state index is 0.498. The molecule has 0 aromatic heterocycles. The van der Waals surface area contributed by atoms with Crippen molar-refractivity contribution >= 4 is 0 Å². The Hall–Kier alpha value is -1.30. The first-order chi connectivity index (χ1) is 9.34. The molecular formula is C14H20N2O3. The molecular weight excluding hydrogens is 244 g/mol. The van der Waals surface area contributed by atoms with Gasteiger partial charge in [0.2, 0.25) is 5.72 Å². The van der Waals surface area contributed by atoms with Gasteiger partial charge in [-0.25, -0.2) is 0 Å². The fourth-order valence-electron chi connectivity index (χ4n) is 2.69. The summed E-state index contributed by atoms with van der Waals surface area (Å²) < 4.78 is 17.5. The number of hydrogen-bond donors (Lipinski definition) is 1. The Morgan fingerprint density at radius 3 is 2.74 bits per heavy atom. The van der Waals surface area contributed by atoms with Gasteiger partial charge in [0.25, 0.3) is 0 Å². The number of nitrogens with zero attached hydrogens (tertiary/aromatic N) is 1. The fraction of sp³-hybridized carbons (Fsp3) is 0.571. The quantitative estimate of drug-likeness (QED) is 0.871. The van der Waals surface area contributed by atoms with Gasteiger partial charge in [0, 0.05) is 33.3 Å². The van der Waals surface area contributed by atoms with E-state index in [1.165, 1.54) is 0 Å². The third-order valence-electron chi connectivity index (χ3n) is 3.67. The van der Waals surface area contributed by atoms with E-state index in [2.05, 4.69) is 10.2 Å². The van der Waals surface area contributed by atoms with Crippen molar-refractivity contribution < 1.29 is 14.2 Å². The summed E-state index contributed by atoms with van der Waals surface area (Å²) in [6, 6.07) is 7.80. The average molecular weight is 264 g/mol. The number of fused-ring (bicyclic) bond motifs is 1. The zero-order valence-electron chi connectivity index (χ0n) is 11.2. The van der Waals surface area contributed by atoms with Crippen LogP contribution in [0.5, 0.6) is 11.5 Å². The van der Waals surface area contributed by atoms with Gasteiger partial charge in [-0.2, -0.15) is 0 Å². The van der Waals surface area contributed by atoms with Crippen LogP contribution >= 0.6 is 0 Å². The van der Waals surface area contributed by atoms with Crippen LogP contribution in [0.4, 0.5) is 0 Å². The standard InChI is InChI=1S/C14H20N2O3/c1-17-10-14(16-8-6-15-7-9-16)11-18-12-4-2-3-5-13(12)19-14/h2-5,15H,6-11H2,1H3. The van der Waals surface area contributed by atoms with Crippen LogP contribution in [-0.4, -0.2) is 57.1 Å². The molecule has 2 aliphatic heterocycles. The average Bonchev–Trinajstić information content (AvgIpc) is 2.48. The zero-order chi connectivity index (χ0) is 13.1. The molecule has 1 saturated heterocycles. The Morgan fingerprint density at radius 2 is 2.00 bits per heavy atom. The lowest BCUT2D eigenvalue weighted by atomic mass is 10.1. The second-order valence-corrected chi connectivity index (χ2v) is 4.95. The van der Waals surface area contributed by atoms with Gasteiger partial charge in [-0.3, -0.25) is 4.90 Å². The number of ether oxygens (including phenoxy) is 3. The third-order valence-corrected chi connectivity index (χ3v) is 3.67. The van der Waals surface area contributed by atoms with Crippen LogP contribution in [0.2, 0.25) is 0 Å². The number of hydrogen-bond acceptors (Lipinski definition) is 5. The Kier molecular flexibility index (Phi) is 3.59. The Morgan fingerprint density at radius 1 is 1.26 bits per heavy atom. The Balaban J connectivity index is 1.86. The topological polar surface area (TPSA) is 43.0 Å². The van der Waals surface area contributed by atoms with E-state index < -0.39 is 5.72 Å². The predicted molar refractivity (Wildman–Crippen MR) is 71.6 cm³/mol. The summed E-state index contributed by atoms with van der Waals surface area (Å²) in [5, 5.41) is 3.35. The lowest BCUT2D eigenvalue weighted by Crippen LogP contribution is -2.65. The number of piperazine rings is 1. The molecule has 19 heavy (non-hydrogen) atoms. The van der Waals surface area contributed by atoms with Gasteiger partial charge in [-0.05, 0) is 12.1 Å². The summed E-state index contributed by atoms with van der Waals surface area (Å²) in [5.41, 5.74) is -0.509. The van der Waals surface area contributed by atoms with Crippen LogP contribution in [0.25, 0.3) is 0 Å². The summed E-state index contributed by atoms with van der Waals surface area (Å²) in [4.78, 5) is 2.31. The molecule has 0 amide bonds. The van der Waals surface area contributed by atoms with Crippen molar-refractivity contribution in [2.45, 2.75) is 5.72 Å². The van der Waals surface area contributed by atoms with E-state index in [1.807, 2.05) is 24.3 Å². The molecule has 1 aromatic carbocycles. The first kappa shape index (κ1) is 12.7. The summed E-state index contributed by atoms with van der Waals surface area (Å²) in [6.07, 6.45) is 0. The van der Waals surface area contributed by atoms with Gasteiger partial charge < -0.3 is 19.5 Å². The highest BCUT2D eigenvalue weighted by Gasteiger charge is 2.44. The minimum atomic E-state index is -0.509. The van der Waals surface area contributed by atoms with Crippen molar-refractivity contribution in [1.82, 2.24) is 10.2 Å². The van der Waals surface area contributed by atoms with Crippen molar-refractivity contribution in [1.29, 1.82) is 0 Å². The van der Waals surface area contributed by atoms with E-state index >= 15 is 0 Å². The van der Waals surface area contributed by atoms with Crippen LogP contribution in [0.1, 0.15) is 0 Å². The predicted octanol–water partition coefficient (Wildman–Crippen LogP) is 0.706. The van der Waals surface area contributed by atoms with Crippen LogP contribution in [0, 0.1) is 0 Å². The van der Waals surface area contributed by atoms with Gasteiger partial charge in [0.15, 0.2) is 11.5 Å². The second kappa shape index (κ2) is 5.36. The van der Waals surface area contributed by atoms with Crippen molar-refractivity contribution in [2.24, 2.45) is 0 Å². The number of rotatable bonds is 3. The Labute approximate surface area is 113 Å². The summed E-state index contributed by atoms with van der Waals surface area (Å²) in [6.45, 7) is 4.82. The van der Waals surface area contributed by atoms with Crippen molar-refractivity contribution in [3.05, 3.63) is 24.3 Å². The molecule has 2 heterocycles. The number of para-hydroxylation sites is 2. The Bertz CT molecular complexity index is 434. The van der Waals surface area contributed by atoms with Gasteiger partial charge in [0.1, 0.15) is 13.2 Å². The summed E-state index contributed by atoms with van der Waals surface area (Å²) in [7, 11) is 1.70. The van der Waals surface area contributed by atoms with Crippen molar-refractivity contribution in [2.75, 3.05) is 46.5 Å². The smallest absolute Gasteiger partial charge is 0.221 e. The maximum Gasteiger partial charge on any atom is 0.221 e. The largest absolute Gasteiger partial charge is 0.484 e. The zero-order valence-corrected chi connectivity index (χ0v) is 11.2. The molecule has 0 radical (unpaired) electrons. The van der Waals surface area contributed by atoms with E-state index in [9.17, 15) is 0 Å². The molecule has 3 rings (SSSR count). The minimum Gasteiger partial charge on any atom is -0.484 e. The highest BCUT2D eigenvalue weighted by atomic mass is 16.6. The van der Waals surface area contributed by atoms with Gasteiger partial charge >= 0.3 is 0 Å². The highest BCUT2D eigenvalue weighted by Crippen LogP contribution is 2.36. The van der Waals surface area contributed by atoms with E-state index in [-0.39, 0.29) is 0 Å². The summed E-state index contributed by atoms with van der Waals surface area (Å²) >= 11 is 0. The molecule has 0 bridgehead atoms. The maximum atomic E-state index is 6.25. The van der Waals surface area contributed by atoms with Crippen molar-refractivity contribution in [3.63, 3.8) is 0 Å². The van der Waals surface area contributed by atoms with Crippen molar-refractivity contribution in [3.8, 4) is 11.5 Å². The molecule has 104 valence electrons. The molecule has 5 heteroatoms. The monoisotopic (exact) mass is 264 g/mol. The van der Waals surface area contributed by atoms with Gasteiger partial charge in [-0.1, -0.05) is 12.1 Å². The molecule has 0 spiro atoms. The number of methoxy groups -OCH3 is 1. The van der Waals surface area contributed by atoms with Crippen LogP contribution in [-0.2, 0) is 4.74 Å². The molecule has 1 atom stereocenters. The fourth-order valence-corrected chi connectivity index (χ4v) is 2.69. The number of nitrogens with one attached hydrogen (secondary N) is 1.